The van der Waals surface area contributed by atoms with Gasteiger partial charge in [-0.2, -0.15) is 0 Å². The van der Waals surface area contributed by atoms with Gasteiger partial charge in [0.1, 0.15) is 0 Å². The molecule has 2 aromatic carbocycles. The van der Waals surface area contributed by atoms with Crippen LogP contribution in [0.25, 0.3) is 0 Å². The Bertz CT molecular complexity index is 713. The third kappa shape index (κ3) is 4.83. The van der Waals surface area contributed by atoms with Crippen LogP contribution < -0.4 is 5.32 Å². The van der Waals surface area contributed by atoms with Gasteiger partial charge in [-0.05, 0) is 42.7 Å². The first-order valence-corrected chi connectivity index (χ1v) is 8.19. The van der Waals surface area contributed by atoms with E-state index < -0.39 is 5.97 Å². The summed E-state index contributed by atoms with van der Waals surface area (Å²) in [5.74, 6) is -0.890. The summed E-state index contributed by atoms with van der Waals surface area (Å²) in [6, 6.07) is 14.2. The number of nitrogens with one attached hydrogen (secondary N) is 1. The fraction of sp³-hybridized carbons (Fsp3) is 0.263. The molecule has 0 saturated heterocycles. The Labute approximate surface area is 146 Å². The van der Waals surface area contributed by atoms with Gasteiger partial charge in [0.15, 0.2) is 6.61 Å². The van der Waals surface area contributed by atoms with Crippen molar-refractivity contribution in [2.75, 3.05) is 6.61 Å². The van der Waals surface area contributed by atoms with Crippen LogP contribution in [0.2, 0.25) is 5.02 Å². The number of amides is 1. The summed E-state index contributed by atoms with van der Waals surface area (Å²) < 4.78 is 5.05. The Morgan fingerprint density at radius 3 is 2.42 bits per heavy atom. The second-order valence-electron chi connectivity index (χ2n) is 5.44. The first-order chi connectivity index (χ1) is 11.5. The van der Waals surface area contributed by atoms with Crippen LogP contribution in [-0.2, 0) is 16.0 Å². The molecule has 0 bridgehead atoms. The fourth-order valence-corrected chi connectivity index (χ4v) is 2.58. The molecule has 2 aromatic rings. The molecule has 0 aromatic heterocycles. The van der Waals surface area contributed by atoms with Gasteiger partial charge >= 0.3 is 5.97 Å². The summed E-state index contributed by atoms with van der Waals surface area (Å²) in [6.07, 6.45) is 0.900. The SMILES string of the molecule is CCc1ccc(C(=O)OCC(=O)N[C@@H](C)c2ccccc2Cl)cc1. The van der Waals surface area contributed by atoms with Gasteiger partial charge < -0.3 is 10.1 Å². The molecule has 0 fully saturated rings. The Kier molecular flexibility index (Phi) is 6.38. The fourth-order valence-electron chi connectivity index (χ4n) is 2.28. The molecule has 0 unspecified atom stereocenters. The van der Waals surface area contributed by atoms with Crippen LogP contribution in [-0.4, -0.2) is 18.5 Å². The molecular formula is C19H20ClNO3. The Hall–Kier alpha value is -2.33. The van der Waals surface area contributed by atoms with E-state index in [-0.39, 0.29) is 18.6 Å². The van der Waals surface area contributed by atoms with Crippen molar-refractivity contribution in [2.24, 2.45) is 0 Å². The molecule has 0 aliphatic rings. The maximum atomic E-state index is 11.9. The quantitative estimate of drug-likeness (QED) is 0.807. The van der Waals surface area contributed by atoms with Crippen LogP contribution >= 0.6 is 11.6 Å². The molecule has 0 aliphatic carbocycles. The minimum absolute atomic E-state index is 0.270. The summed E-state index contributed by atoms with van der Waals surface area (Å²) in [5, 5.41) is 3.34. The molecule has 0 heterocycles. The summed E-state index contributed by atoms with van der Waals surface area (Å²) in [6.45, 7) is 3.53. The van der Waals surface area contributed by atoms with Gasteiger partial charge in [-0.25, -0.2) is 4.79 Å². The van der Waals surface area contributed by atoms with Crippen molar-refractivity contribution < 1.29 is 14.3 Å². The van der Waals surface area contributed by atoms with E-state index in [2.05, 4.69) is 5.32 Å². The van der Waals surface area contributed by atoms with Crippen molar-refractivity contribution >= 4 is 23.5 Å². The predicted octanol–water partition coefficient (Wildman–Crippen LogP) is 3.94. The molecule has 0 spiro atoms. The number of carbonyl (C=O) groups is 2. The lowest BCUT2D eigenvalue weighted by Crippen LogP contribution is -2.31. The largest absolute Gasteiger partial charge is 0.452 e. The van der Waals surface area contributed by atoms with Crippen LogP contribution in [0.15, 0.2) is 48.5 Å². The maximum Gasteiger partial charge on any atom is 0.338 e. The minimum atomic E-state index is -0.516. The number of benzene rings is 2. The van der Waals surface area contributed by atoms with E-state index in [0.717, 1.165) is 17.5 Å². The van der Waals surface area contributed by atoms with Crippen molar-refractivity contribution in [3.05, 3.63) is 70.2 Å². The molecular weight excluding hydrogens is 326 g/mol. The van der Waals surface area contributed by atoms with E-state index in [1.54, 1.807) is 18.2 Å². The summed E-state index contributed by atoms with van der Waals surface area (Å²) in [5.41, 5.74) is 2.38. The summed E-state index contributed by atoms with van der Waals surface area (Å²) in [4.78, 5) is 23.9. The number of carbonyl (C=O) groups excluding carboxylic acids is 2. The van der Waals surface area contributed by atoms with Crippen LogP contribution in [0.3, 0.4) is 0 Å². The summed E-state index contributed by atoms with van der Waals surface area (Å²) in [7, 11) is 0. The Morgan fingerprint density at radius 1 is 1.12 bits per heavy atom. The van der Waals surface area contributed by atoms with E-state index in [1.807, 2.05) is 44.2 Å². The molecule has 0 aliphatic heterocycles. The molecule has 4 nitrogen and oxygen atoms in total. The van der Waals surface area contributed by atoms with Gasteiger partial charge in [-0.1, -0.05) is 48.9 Å². The number of ether oxygens (including phenoxy) is 1. The molecule has 0 radical (unpaired) electrons. The molecule has 5 heteroatoms. The van der Waals surface area contributed by atoms with Gasteiger partial charge in [0.05, 0.1) is 11.6 Å². The van der Waals surface area contributed by atoms with Gasteiger partial charge in [0, 0.05) is 5.02 Å². The van der Waals surface area contributed by atoms with Crippen molar-refractivity contribution in [3.63, 3.8) is 0 Å². The van der Waals surface area contributed by atoms with E-state index in [4.69, 9.17) is 16.3 Å². The lowest BCUT2D eigenvalue weighted by molar-refractivity contribution is -0.124. The zero-order valence-corrected chi connectivity index (χ0v) is 14.5. The second kappa shape index (κ2) is 8.50. The molecule has 1 N–H and O–H groups in total. The first-order valence-electron chi connectivity index (χ1n) is 7.81. The average molecular weight is 346 g/mol. The smallest absolute Gasteiger partial charge is 0.338 e. The van der Waals surface area contributed by atoms with E-state index in [9.17, 15) is 9.59 Å². The predicted molar refractivity (Wildman–Crippen MR) is 94.1 cm³/mol. The Balaban J connectivity index is 1.86. The topological polar surface area (TPSA) is 55.4 Å². The molecule has 1 atom stereocenters. The number of hydrogen-bond acceptors (Lipinski definition) is 3. The highest BCUT2D eigenvalue weighted by Gasteiger charge is 2.14. The molecule has 1 amide bonds. The molecule has 0 saturated carbocycles. The van der Waals surface area contributed by atoms with Crippen LogP contribution in [0.5, 0.6) is 0 Å². The van der Waals surface area contributed by atoms with Gasteiger partial charge in [-0.3, -0.25) is 4.79 Å². The van der Waals surface area contributed by atoms with Crippen molar-refractivity contribution in [2.45, 2.75) is 26.3 Å². The highest BCUT2D eigenvalue weighted by atomic mass is 35.5. The second-order valence-corrected chi connectivity index (χ2v) is 5.84. The maximum absolute atomic E-state index is 11.9. The number of rotatable bonds is 6. The number of halogens is 1. The average Bonchev–Trinajstić information content (AvgIpc) is 2.60. The molecule has 24 heavy (non-hydrogen) atoms. The third-order valence-electron chi connectivity index (χ3n) is 3.68. The van der Waals surface area contributed by atoms with Crippen LogP contribution in [0.4, 0.5) is 0 Å². The zero-order chi connectivity index (χ0) is 17.5. The molecule has 126 valence electrons. The number of aryl methyl sites for hydroxylation is 1. The lowest BCUT2D eigenvalue weighted by Gasteiger charge is -2.15. The number of esters is 1. The van der Waals surface area contributed by atoms with E-state index in [1.165, 1.54) is 0 Å². The standard InChI is InChI=1S/C19H20ClNO3/c1-3-14-8-10-15(11-9-14)19(23)24-12-18(22)21-13(2)16-6-4-5-7-17(16)20/h4-11,13H,3,12H2,1-2H3,(H,21,22)/t13-/m0/s1. The normalized spacial score (nSPS) is 11.6. The summed E-state index contributed by atoms with van der Waals surface area (Å²) >= 11 is 6.10. The van der Waals surface area contributed by atoms with Gasteiger partial charge in [0.25, 0.3) is 5.91 Å². The van der Waals surface area contributed by atoms with Crippen molar-refractivity contribution in [3.8, 4) is 0 Å². The van der Waals surface area contributed by atoms with Crippen LogP contribution in [0.1, 0.15) is 41.4 Å². The third-order valence-corrected chi connectivity index (χ3v) is 4.03. The highest BCUT2D eigenvalue weighted by molar-refractivity contribution is 6.31. The first kappa shape index (κ1) is 18.0. The van der Waals surface area contributed by atoms with Gasteiger partial charge in [-0.15, -0.1) is 0 Å². The van der Waals surface area contributed by atoms with E-state index >= 15 is 0 Å². The lowest BCUT2D eigenvalue weighted by atomic mass is 10.1. The zero-order valence-electron chi connectivity index (χ0n) is 13.7. The van der Waals surface area contributed by atoms with Crippen LogP contribution in [0, 0.1) is 0 Å². The van der Waals surface area contributed by atoms with Crippen molar-refractivity contribution in [1.82, 2.24) is 5.32 Å². The van der Waals surface area contributed by atoms with Crippen molar-refractivity contribution in [1.29, 1.82) is 0 Å². The Morgan fingerprint density at radius 2 is 1.79 bits per heavy atom. The monoisotopic (exact) mass is 345 g/mol. The van der Waals surface area contributed by atoms with E-state index in [0.29, 0.717) is 10.6 Å². The highest BCUT2D eigenvalue weighted by Crippen LogP contribution is 2.21. The molecule has 2 rings (SSSR count). The van der Waals surface area contributed by atoms with Gasteiger partial charge in [0.2, 0.25) is 0 Å². The number of hydrogen-bond donors (Lipinski definition) is 1. The minimum Gasteiger partial charge on any atom is -0.452 e.